The van der Waals surface area contributed by atoms with Crippen molar-refractivity contribution in [3.8, 4) is 0 Å². The van der Waals surface area contributed by atoms with Crippen molar-refractivity contribution >= 4 is 62.7 Å². The van der Waals surface area contributed by atoms with Crippen molar-refractivity contribution in [3.63, 3.8) is 0 Å². The molecule has 0 aliphatic rings. The monoisotopic (exact) mass is 636 g/mol. The molecule has 0 fully saturated rings. The first-order valence-electron chi connectivity index (χ1n) is 11.7. The van der Waals surface area contributed by atoms with Crippen LogP contribution in [-0.4, -0.2) is 39.6 Å². The summed E-state index contributed by atoms with van der Waals surface area (Å²) in [5.74, 6) is 0. The zero-order valence-electron chi connectivity index (χ0n) is 19.7. The van der Waals surface area contributed by atoms with Gasteiger partial charge in [-0.25, -0.2) is 0 Å². The Morgan fingerprint density at radius 3 is 1.11 bits per heavy atom. The molecule has 0 bridgehead atoms. The first kappa shape index (κ1) is 25.5. The van der Waals surface area contributed by atoms with E-state index >= 15 is 0 Å². The molecule has 1 aromatic heterocycles. The van der Waals surface area contributed by atoms with Gasteiger partial charge in [-0.05, 0) is 0 Å². The second-order valence-electron chi connectivity index (χ2n) is 8.35. The molecule has 0 radical (unpaired) electrons. The number of aromatic nitrogens is 1. The van der Waals surface area contributed by atoms with E-state index in [0.29, 0.717) is 6.54 Å². The number of hydrogen-bond acceptors (Lipinski definition) is 2. The Balaban J connectivity index is 1.86. The van der Waals surface area contributed by atoms with E-state index in [0.717, 1.165) is 5.69 Å². The van der Waals surface area contributed by atoms with Gasteiger partial charge < -0.3 is 0 Å². The van der Waals surface area contributed by atoms with Gasteiger partial charge in [0.2, 0.25) is 0 Å². The third-order valence-electron chi connectivity index (χ3n) is 6.10. The van der Waals surface area contributed by atoms with E-state index in [1.54, 1.807) is 0 Å². The van der Waals surface area contributed by atoms with Crippen LogP contribution in [0, 0.1) is 0 Å². The number of nitrogens with zero attached hydrogens (tertiary/aromatic N) is 2. The van der Waals surface area contributed by atoms with E-state index in [2.05, 4.69) is 168 Å². The minimum atomic E-state index is -2.22. The van der Waals surface area contributed by atoms with Gasteiger partial charge in [0.1, 0.15) is 0 Å². The summed E-state index contributed by atoms with van der Waals surface area (Å²) in [6.45, 7) is 0.704. The Labute approximate surface area is 229 Å². The van der Waals surface area contributed by atoms with Crippen LogP contribution in [0.3, 0.4) is 0 Å². The quantitative estimate of drug-likeness (QED) is 0.172. The molecule has 5 rings (SSSR count). The Bertz CT molecular complexity index is 1310. The predicted molar refractivity (Wildman–Crippen MR) is 159 cm³/mol. The number of benzene rings is 4. The van der Waals surface area contributed by atoms with E-state index in [4.69, 9.17) is 4.98 Å². The molecule has 36 heavy (non-hydrogen) atoms. The van der Waals surface area contributed by atoms with Gasteiger partial charge in [0, 0.05) is 0 Å². The molecule has 4 aromatic carbocycles. The first-order chi connectivity index (χ1) is 17.6. The molecule has 0 atom stereocenters. The zero-order valence-corrected chi connectivity index (χ0v) is 24.9. The second kappa shape index (κ2) is 11.5. The van der Waals surface area contributed by atoms with Crippen LogP contribution in [0.4, 0.5) is 0 Å². The standard InChI is InChI=1S/C30H26N2P2Se2/c35-33(27-16-5-1-6-17-27,28-18-7-2-8-19-28)32(25-26-15-13-14-24-31-26)34(36,29-20-9-3-10-21-29)30-22-11-4-12-23-30/h1-24H,25H2. The average Bonchev–Trinajstić information content (AvgIpc) is 2.97. The Hall–Kier alpha value is -2.11. The van der Waals surface area contributed by atoms with Gasteiger partial charge in [-0.15, -0.1) is 0 Å². The van der Waals surface area contributed by atoms with Crippen LogP contribution in [0.2, 0.25) is 0 Å². The molecule has 0 aliphatic carbocycles. The zero-order chi connectivity index (χ0) is 24.8. The van der Waals surface area contributed by atoms with Crippen LogP contribution >= 0.6 is 11.3 Å². The SMILES string of the molecule is [Se]=P(c1ccccc1)(c1ccccc1)N(Cc1ccccn1)P(=[Se])(c1ccccc1)c1ccccc1. The summed E-state index contributed by atoms with van der Waals surface area (Å²) in [6.07, 6.45) is 1.89. The van der Waals surface area contributed by atoms with Crippen LogP contribution in [0.1, 0.15) is 5.69 Å². The molecule has 0 spiro atoms. The molecule has 0 aliphatic heterocycles. The van der Waals surface area contributed by atoms with Crippen LogP contribution < -0.4 is 21.2 Å². The van der Waals surface area contributed by atoms with Gasteiger partial charge >= 0.3 is 230 Å². The van der Waals surface area contributed by atoms with Gasteiger partial charge in [-0.1, -0.05) is 0 Å². The number of pyridine rings is 1. The average molecular weight is 634 g/mol. The van der Waals surface area contributed by atoms with E-state index in [-0.39, 0.29) is 0 Å². The summed E-state index contributed by atoms with van der Waals surface area (Å²) in [5.41, 5.74) is -3.38. The van der Waals surface area contributed by atoms with Crippen molar-refractivity contribution in [2.24, 2.45) is 0 Å². The van der Waals surface area contributed by atoms with Crippen molar-refractivity contribution in [2.45, 2.75) is 6.54 Å². The molecule has 1 heterocycles. The number of rotatable bonds is 8. The maximum absolute atomic E-state index is 4.79. The van der Waals surface area contributed by atoms with Gasteiger partial charge in [-0.2, -0.15) is 0 Å². The topological polar surface area (TPSA) is 16.1 Å². The second-order valence-corrected chi connectivity index (χ2v) is 20.6. The molecule has 0 saturated heterocycles. The molecule has 2 nitrogen and oxygen atoms in total. The van der Waals surface area contributed by atoms with Crippen molar-refractivity contribution in [1.29, 1.82) is 0 Å². The molecule has 0 N–H and O–H groups in total. The minimum absolute atomic E-state index is 0.704. The summed E-state index contributed by atoms with van der Waals surface area (Å²) >= 11 is 7.61. The van der Waals surface area contributed by atoms with Gasteiger partial charge in [0.25, 0.3) is 0 Å². The normalized spacial score (nSPS) is 11.9. The maximum atomic E-state index is 4.79. The fourth-order valence-corrected chi connectivity index (χ4v) is 21.7. The molecule has 178 valence electrons. The Morgan fingerprint density at radius 2 is 0.806 bits per heavy atom. The van der Waals surface area contributed by atoms with E-state index in [1.807, 2.05) is 12.3 Å². The first-order valence-corrected chi connectivity index (χ1v) is 19.7. The molecule has 0 unspecified atom stereocenters. The van der Waals surface area contributed by atoms with Gasteiger partial charge in [0.15, 0.2) is 0 Å². The molecular formula is C30H26N2P2Se2. The third kappa shape index (κ3) is 5.02. The molecule has 5 aromatic rings. The Kier molecular flexibility index (Phi) is 8.17. The molecule has 0 saturated carbocycles. The summed E-state index contributed by atoms with van der Waals surface area (Å²) in [4.78, 5) is 4.79. The molecule has 6 heteroatoms. The van der Waals surface area contributed by atoms with Crippen molar-refractivity contribution in [2.75, 3.05) is 0 Å². The number of hydrogen-bond donors (Lipinski definition) is 0. The summed E-state index contributed by atoms with van der Waals surface area (Å²) in [5, 5.41) is 5.22. The van der Waals surface area contributed by atoms with Crippen molar-refractivity contribution in [1.82, 2.24) is 9.42 Å². The van der Waals surface area contributed by atoms with Crippen LogP contribution in [0.5, 0.6) is 0 Å². The Morgan fingerprint density at radius 1 is 0.472 bits per heavy atom. The summed E-state index contributed by atoms with van der Waals surface area (Å²) in [6, 6.07) is 49.9. The summed E-state index contributed by atoms with van der Waals surface area (Å²) in [7, 11) is 0. The predicted octanol–water partition coefficient (Wildman–Crippen LogP) is 5.22. The van der Waals surface area contributed by atoms with Gasteiger partial charge in [-0.3, -0.25) is 0 Å². The van der Waals surface area contributed by atoms with Crippen molar-refractivity contribution in [3.05, 3.63) is 151 Å². The fraction of sp³-hybridized carbons (Fsp3) is 0.0333. The fourth-order valence-electron chi connectivity index (χ4n) is 4.36. The van der Waals surface area contributed by atoms with E-state index in [1.165, 1.54) is 21.2 Å². The molecular weight excluding hydrogens is 608 g/mol. The van der Waals surface area contributed by atoms with Crippen molar-refractivity contribution < 1.29 is 0 Å². The van der Waals surface area contributed by atoms with Crippen LogP contribution in [0.15, 0.2) is 146 Å². The van der Waals surface area contributed by atoms with Crippen LogP contribution in [-0.2, 0) is 6.54 Å². The summed E-state index contributed by atoms with van der Waals surface area (Å²) < 4.78 is 2.73. The van der Waals surface area contributed by atoms with E-state index in [9.17, 15) is 0 Å². The third-order valence-corrected chi connectivity index (χ3v) is 22.7. The van der Waals surface area contributed by atoms with Crippen LogP contribution in [0.25, 0.3) is 0 Å². The molecule has 0 amide bonds. The van der Waals surface area contributed by atoms with Gasteiger partial charge in [0.05, 0.1) is 0 Å². The van der Waals surface area contributed by atoms with E-state index < -0.39 is 11.3 Å².